The van der Waals surface area contributed by atoms with Crippen LogP contribution in [0.15, 0.2) is 22.7 Å². The molecule has 5 heteroatoms. The van der Waals surface area contributed by atoms with Crippen molar-refractivity contribution >= 4 is 27.5 Å². The predicted molar refractivity (Wildman–Crippen MR) is 59.0 cm³/mol. The number of rotatable bonds is 1. The van der Waals surface area contributed by atoms with Crippen LogP contribution in [0.5, 0.6) is 0 Å². The Kier molecular flexibility index (Phi) is 2.75. The summed E-state index contributed by atoms with van der Waals surface area (Å²) in [6.07, 6.45) is 0.322. The molecule has 0 saturated carbocycles. The largest absolute Gasteiger partial charge is 0.326 e. The molecule has 1 aliphatic heterocycles. The molecule has 2 N–H and O–H groups in total. The first kappa shape index (κ1) is 10.6. The third-order valence-corrected chi connectivity index (χ3v) is 3.16. The van der Waals surface area contributed by atoms with Crippen molar-refractivity contribution in [3.63, 3.8) is 0 Å². The minimum Gasteiger partial charge on any atom is -0.326 e. The molecule has 1 atom stereocenters. The van der Waals surface area contributed by atoms with Crippen molar-refractivity contribution in [1.29, 1.82) is 0 Å². The second-order valence-electron chi connectivity index (χ2n) is 3.54. The maximum absolute atomic E-state index is 13.2. The summed E-state index contributed by atoms with van der Waals surface area (Å²) >= 11 is 3.13. The van der Waals surface area contributed by atoms with Gasteiger partial charge in [0, 0.05) is 19.0 Å². The lowest BCUT2D eigenvalue weighted by Crippen LogP contribution is -2.28. The normalized spacial score (nSPS) is 21.1. The first-order valence-electron chi connectivity index (χ1n) is 4.59. The smallest absolute Gasteiger partial charge is 0.228 e. The van der Waals surface area contributed by atoms with Gasteiger partial charge in [-0.05, 0) is 28.1 Å². The molecule has 15 heavy (non-hydrogen) atoms. The molecule has 1 amide bonds. The van der Waals surface area contributed by atoms with E-state index in [-0.39, 0.29) is 17.8 Å². The number of carbonyl (C=O) groups is 1. The minimum absolute atomic E-state index is 0.0613. The Morgan fingerprint density at radius 2 is 2.27 bits per heavy atom. The zero-order valence-electron chi connectivity index (χ0n) is 7.91. The van der Waals surface area contributed by atoms with E-state index in [4.69, 9.17) is 5.73 Å². The average molecular weight is 273 g/mol. The molecular formula is C10H10BrFN2O. The van der Waals surface area contributed by atoms with Crippen LogP contribution < -0.4 is 10.6 Å². The summed E-state index contributed by atoms with van der Waals surface area (Å²) < 4.78 is 13.6. The molecular weight excluding hydrogens is 263 g/mol. The average Bonchev–Trinajstić information content (AvgIpc) is 2.50. The highest BCUT2D eigenvalue weighted by Crippen LogP contribution is 2.31. The quantitative estimate of drug-likeness (QED) is 0.845. The summed E-state index contributed by atoms with van der Waals surface area (Å²) in [6, 6.07) is 4.46. The highest BCUT2D eigenvalue weighted by Gasteiger charge is 2.29. The Morgan fingerprint density at radius 3 is 2.87 bits per heavy atom. The molecule has 1 saturated heterocycles. The van der Waals surface area contributed by atoms with Gasteiger partial charge in [0.25, 0.3) is 0 Å². The molecule has 1 aromatic carbocycles. The zero-order chi connectivity index (χ0) is 11.0. The Labute approximate surface area is 95.2 Å². The number of nitrogens with zero attached hydrogens (tertiary/aromatic N) is 1. The molecule has 0 spiro atoms. The third-order valence-electron chi connectivity index (χ3n) is 2.38. The van der Waals surface area contributed by atoms with Crippen LogP contribution in [0.3, 0.4) is 0 Å². The van der Waals surface area contributed by atoms with Gasteiger partial charge >= 0.3 is 0 Å². The van der Waals surface area contributed by atoms with Crippen LogP contribution in [-0.2, 0) is 4.79 Å². The van der Waals surface area contributed by atoms with Crippen LogP contribution in [0.2, 0.25) is 0 Å². The summed E-state index contributed by atoms with van der Waals surface area (Å²) in [5.74, 6) is -0.436. The van der Waals surface area contributed by atoms with E-state index in [1.54, 1.807) is 12.1 Å². The van der Waals surface area contributed by atoms with E-state index in [2.05, 4.69) is 15.9 Å². The van der Waals surface area contributed by atoms with Crippen molar-refractivity contribution in [2.24, 2.45) is 5.73 Å². The summed E-state index contributed by atoms with van der Waals surface area (Å²) in [5, 5.41) is 0. The fraction of sp³-hybridized carbons (Fsp3) is 0.300. The van der Waals surface area contributed by atoms with Gasteiger partial charge in [0.1, 0.15) is 5.82 Å². The van der Waals surface area contributed by atoms with E-state index >= 15 is 0 Å². The van der Waals surface area contributed by atoms with Gasteiger partial charge in [-0.1, -0.05) is 6.07 Å². The van der Waals surface area contributed by atoms with Crippen molar-refractivity contribution in [2.75, 3.05) is 11.4 Å². The number of amides is 1. The van der Waals surface area contributed by atoms with Gasteiger partial charge in [0.2, 0.25) is 5.91 Å². The molecule has 80 valence electrons. The maximum atomic E-state index is 13.2. The van der Waals surface area contributed by atoms with E-state index in [1.165, 1.54) is 11.0 Å². The van der Waals surface area contributed by atoms with Gasteiger partial charge in [-0.15, -0.1) is 0 Å². The van der Waals surface area contributed by atoms with Gasteiger partial charge in [-0.2, -0.15) is 0 Å². The molecule has 0 radical (unpaired) electrons. The van der Waals surface area contributed by atoms with Crippen LogP contribution in [-0.4, -0.2) is 18.5 Å². The molecule has 0 aromatic heterocycles. The van der Waals surface area contributed by atoms with Crippen LogP contribution in [0.1, 0.15) is 6.42 Å². The van der Waals surface area contributed by atoms with Gasteiger partial charge in [-0.3, -0.25) is 4.79 Å². The van der Waals surface area contributed by atoms with Crippen LogP contribution >= 0.6 is 15.9 Å². The molecule has 1 aliphatic rings. The highest BCUT2D eigenvalue weighted by molar-refractivity contribution is 9.10. The molecule has 0 aliphatic carbocycles. The summed E-state index contributed by atoms with van der Waals surface area (Å²) in [4.78, 5) is 13.1. The summed E-state index contributed by atoms with van der Waals surface area (Å²) in [5.41, 5.74) is 6.22. The number of hydrogen-bond acceptors (Lipinski definition) is 2. The Hall–Kier alpha value is -0.940. The summed E-state index contributed by atoms with van der Waals surface area (Å²) in [7, 11) is 0. The first-order valence-corrected chi connectivity index (χ1v) is 5.39. The third kappa shape index (κ3) is 1.89. The monoisotopic (exact) mass is 272 g/mol. The van der Waals surface area contributed by atoms with Gasteiger partial charge < -0.3 is 10.6 Å². The minimum atomic E-state index is -0.374. The molecule has 1 fully saturated rings. The predicted octanol–water partition coefficient (Wildman–Crippen LogP) is 1.65. The fourth-order valence-electron chi connectivity index (χ4n) is 1.67. The standard InChI is InChI=1S/C10H10BrFN2O/c11-10-7(12)2-1-3-8(10)14-5-6(13)4-9(14)15/h1-3,6H,4-5,13H2. The molecule has 1 aromatic rings. The zero-order valence-corrected chi connectivity index (χ0v) is 9.50. The van der Waals surface area contributed by atoms with Crippen molar-refractivity contribution in [2.45, 2.75) is 12.5 Å². The number of hydrogen-bond donors (Lipinski definition) is 1. The number of anilines is 1. The molecule has 3 nitrogen and oxygen atoms in total. The van der Waals surface area contributed by atoms with Gasteiger partial charge in [0.05, 0.1) is 10.2 Å². The molecule has 0 bridgehead atoms. The number of nitrogens with two attached hydrogens (primary N) is 1. The highest BCUT2D eigenvalue weighted by atomic mass is 79.9. The molecule has 1 heterocycles. The maximum Gasteiger partial charge on any atom is 0.228 e. The van der Waals surface area contributed by atoms with Crippen molar-refractivity contribution in [3.05, 3.63) is 28.5 Å². The Bertz CT molecular complexity index is 410. The van der Waals surface area contributed by atoms with Crippen LogP contribution in [0.4, 0.5) is 10.1 Å². The van der Waals surface area contributed by atoms with E-state index in [1.807, 2.05) is 0 Å². The second-order valence-corrected chi connectivity index (χ2v) is 4.33. The lowest BCUT2D eigenvalue weighted by molar-refractivity contribution is -0.117. The van der Waals surface area contributed by atoms with Gasteiger partial charge in [-0.25, -0.2) is 4.39 Å². The topological polar surface area (TPSA) is 46.3 Å². The van der Waals surface area contributed by atoms with Crippen molar-refractivity contribution in [1.82, 2.24) is 0 Å². The van der Waals surface area contributed by atoms with Crippen molar-refractivity contribution < 1.29 is 9.18 Å². The Morgan fingerprint density at radius 1 is 1.53 bits per heavy atom. The molecule has 1 unspecified atom stereocenters. The van der Waals surface area contributed by atoms with Crippen LogP contribution in [0.25, 0.3) is 0 Å². The van der Waals surface area contributed by atoms with E-state index in [0.29, 0.717) is 23.1 Å². The second kappa shape index (κ2) is 3.90. The number of benzene rings is 1. The first-order chi connectivity index (χ1) is 7.09. The summed E-state index contributed by atoms with van der Waals surface area (Å²) in [6.45, 7) is 0.445. The number of carbonyl (C=O) groups excluding carboxylic acids is 1. The van der Waals surface area contributed by atoms with Gasteiger partial charge in [0.15, 0.2) is 0 Å². The lowest BCUT2D eigenvalue weighted by atomic mass is 10.3. The van der Waals surface area contributed by atoms with Crippen LogP contribution in [0, 0.1) is 5.82 Å². The van der Waals surface area contributed by atoms with E-state index in [9.17, 15) is 9.18 Å². The van der Waals surface area contributed by atoms with E-state index in [0.717, 1.165) is 0 Å². The Balaban J connectivity index is 2.38. The fourth-order valence-corrected chi connectivity index (χ4v) is 2.15. The lowest BCUT2D eigenvalue weighted by Gasteiger charge is -2.17. The molecule has 2 rings (SSSR count). The SMILES string of the molecule is NC1CC(=O)N(c2cccc(F)c2Br)C1. The van der Waals surface area contributed by atoms with E-state index < -0.39 is 0 Å². The number of halogens is 2. The van der Waals surface area contributed by atoms with Crippen molar-refractivity contribution in [3.8, 4) is 0 Å².